The lowest BCUT2D eigenvalue weighted by Crippen LogP contribution is -2.33. The second-order valence-corrected chi connectivity index (χ2v) is 7.68. The number of benzene rings is 3. The number of hydrogen-bond acceptors (Lipinski definition) is 1. The van der Waals surface area contributed by atoms with Crippen LogP contribution in [0.1, 0.15) is 27.7 Å². The van der Waals surface area contributed by atoms with Gasteiger partial charge in [-0.3, -0.25) is 9.69 Å². The molecule has 6 rings (SSSR count). The number of rotatable bonds is 0. The van der Waals surface area contributed by atoms with Crippen LogP contribution in [0.25, 0.3) is 16.6 Å². The van der Waals surface area contributed by atoms with Crippen molar-refractivity contribution in [1.29, 1.82) is 0 Å². The van der Waals surface area contributed by atoms with Crippen molar-refractivity contribution in [2.24, 2.45) is 0 Å². The number of nitrogens with zero attached hydrogens (tertiary/aromatic N) is 2. The zero-order valence-electron chi connectivity index (χ0n) is 13.7. The van der Waals surface area contributed by atoms with Crippen LogP contribution in [0, 0.1) is 0 Å². The highest BCUT2D eigenvalue weighted by Crippen LogP contribution is 2.49. The van der Waals surface area contributed by atoms with E-state index < -0.39 is 0 Å². The van der Waals surface area contributed by atoms with Crippen LogP contribution < -0.4 is 4.90 Å². The van der Waals surface area contributed by atoms with Crippen molar-refractivity contribution < 1.29 is 4.79 Å². The van der Waals surface area contributed by atoms with Crippen LogP contribution in [0.15, 0.2) is 77.3 Å². The topological polar surface area (TPSA) is 25.2 Å². The molecule has 3 aromatic carbocycles. The molecule has 0 radical (unpaired) electrons. The summed E-state index contributed by atoms with van der Waals surface area (Å²) in [4.78, 5) is 15.1. The van der Waals surface area contributed by atoms with Crippen LogP contribution in [0.4, 0.5) is 5.69 Å². The van der Waals surface area contributed by atoms with E-state index in [-0.39, 0.29) is 11.9 Å². The monoisotopic (exact) mass is 400 g/mol. The third-order valence-electron chi connectivity index (χ3n) is 5.42. The molecule has 0 fully saturated rings. The van der Waals surface area contributed by atoms with Gasteiger partial charge < -0.3 is 4.57 Å². The Bertz CT molecular complexity index is 1240. The molecule has 0 spiro atoms. The molecule has 3 nitrogen and oxygen atoms in total. The maximum atomic E-state index is 13.2. The number of carbonyl (C=O) groups excluding carboxylic acids is 1. The van der Waals surface area contributed by atoms with Crippen molar-refractivity contribution in [2.75, 3.05) is 4.90 Å². The lowest BCUT2D eigenvalue weighted by Gasteiger charge is -2.34. The van der Waals surface area contributed by atoms with Crippen LogP contribution in [-0.4, -0.2) is 10.5 Å². The first kappa shape index (κ1) is 14.3. The lowest BCUT2D eigenvalue weighted by atomic mass is 10.00. The molecule has 0 bridgehead atoms. The first-order valence-electron chi connectivity index (χ1n) is 8.57. The minimum Gasteiger partial charge on any atom is -0.309 e. The van der Waals surface area contributed by atoms with Gasteiger partial charge in [0.1, 0.15) is 6.04 Å². The Hall–Kier alpha value is -2.85. The minimum atomic E-state index is -0.0835. The van der Waals surface area contributed by atoms with Crippen molar-refractivity contribution in [2.45, 2.75) is 6.04 Å². The highest BCUT2D eigenvalue weighted by atomic mass is 79.9. The molecule has 0 N–H and O–H groups in total. The Kier molecular flexibility index (Phi) is 2.68. The molecule has 124 valence electrons. The molecule has 1 unspecified atom stereocenters. The molecule has 1 atom stereocenters. The molecule has 2 aliphatic heterocycles. The van der Waals surface area contributed by atoms with Gasteiger partial charge in [-0.25, -0.2) is 0 Å². The summed E-state index contributed by atoms with van der Waals surface area (Å²) in [6.07, 6.45) is 0. The van der Waals surface area contributed by atoms with Gasteiger partial charge in [0, 0.05) is 15.4 Å². The van der Waals surface area contributed by atoms with E-state index in [2.05, 4.69) is 56.9 Å². The molecule has 1 amide bonds. The zero-order valence-corrected chi connectivity index (χ0v) is 15.3. The maximum Gasteiger partial charge on any atom is 0.259 e. The summed E-state index contributed by atoms with van der Waals surface area (Å²) >= 11 is 3.58. The van der Waals surface area contributed by atoms with Crippen LogP contribution in [0.3, 0.4) is 0 Å². The molecule has 0 saturated heterocycles. The molecule has 4 heteroatoms. The van der Waals surface area contributed by atoms with Crippen molar-refractivity contribution >= 4 is 38.4 Å². The van der Waals surface area contributed by atoms with Gasteiger partial charge in [-0.05, 0) is 48.0 Å². The number of halogens is 1. The van der Waals surface area contributed by atoms with Gasteiger partial charge in [-0.15, -0.1) is 0 Å². The van der Waals surface area contributed by atoms with E-state index >= 15 is 0 Å². The van der Waals surface area contributed by atoms with Crippen molar-refractivity contribution in [1.82, 2.24) is 4.57 Å². The lowest BCUT2D eigenvalue weighted by molar-refractivity contribution is 0.0992. The largest absolute Gasteiger partial charge is 0.309 e. The predicted octanol–water partition coefficient (Wildman–Crippen LogP) is 5.46. The third kappa shape index (κ3) is 1.65. The standard InChI is InChI=1S/C22H13BrN2O/c23-14-9-10-17-13(11-14)12-20-21-15-5-1-2-6-16(15)22(26)25(21)19-8-4-3-7-18(19)24(17)20/h1-12,21H. The van der Waals surface area contributed by atoms with Crippen LogP contribution in [0.2, 0.25) is 0 Å². The van der Waals surface area contributed by atoms with Crippen LogP contribution >= 0.6 is 15.9 Å². The average Bonchev–Trinajstić information content (AvgIpc) is 3.18. The number of anilines is 1. The fourth-order valence-electron chi connectivity index (χ4n) is 4.39. The summed E-state index contributed by atoms with van der Waals surface area (Å²) in [5, 5.41) is 1.17. The summed E-state index contributed by atoms with van der Waals surface area (Å²) in [7, 11) is 0. The number of hydrogen-bond donors (Lipinski definition) is 0. The number of fused-ring (bicyclic) bond motifs is 10. The first-order chi connectivity index (χ1) is 12.7. The minimum absolute atomic E-state index is 0.0794. The van der Waals surface area contributed by atoms with E-state index in [0.717, 1.165) is 38.2 Å². The van der Waals surface area contributed by atoms with Crippen LogP contribution in [0.5, 0.6) is 0 Å². The SMILES string of the molecule is O=C1c2ccccc2C2c3cc4cc(Br)ccc4n3-c3ccccc3N12. The Morgan fingerprint density at radius 1 is 0.846 bits per heavy atom. The summed E-state index contributed by atoms with van der Waals surface area (Å²) in [6.45, 7) is 0. The molecule has 3 heterocycles. The highest BCUT2D eigenvalue weighted by molar-refractivity contribution is 9.10. The van der Waals surface area contributed by atoms with E-state index in [1.54, 1.807) is 0 Å². The van der Waals surface area contributed by atoms with Crippen molar-refractivity contribution in [3.05, 3.63) is 94.1 Å². The van der Waals surface area contributed by atoms with Gasteiger partial charge in [-0.1, -0.05) is 46.3 Å². The van der Waals surface area contributed by atoms with E-state index in [1.807, 2.05) is 41.3 Å². The van der Waals surface area contributed by atoms with E-state index in [9.17, 15) is 4.79 Å². The van der Waals surface area contributed by atoms with Gasteiger partial charge >= 0.3 is 0 Å². The summed E-state index contributed by atoms with van der Waals surface area (Å²) in [5.74, 6) is 0.0794. The number of para-hydroxylation sites is 2. The second-order valence-electron chi connectivity index (χ2n) is 6.76. The molecular weight excluding hydrogens is 388 g/mol. The smallest absolute Gasteiger partial charge is 0.259 e. The number of amides is 1. The van der Waals surface area contributed by atoms with E-state index in [4.69, 9.17) is 0 Å². The molecule has 0 saturated carbocycles. The molecule has 4 aromatic rings. The van der Waals surface area contributed by atoms with Gasteiger partial charge in [0.2, 0.25) is 0 Å². The average molecular weight is 401 g/mol. The van der Waals surface area contributed by atoms with Crippen molar-refractivity contribution in [3.8, 4) is 5.69 Å². The third-order valence-corrected chi connectivity index (χ3v) is 5.91. The van der Waals surface area contributed by atoms with Gasteiger partial charge in [0.05, 0.1) is 22.6 Å². The Balaban J connectivity index is 1.77. The van der Waals surface area contributed by atoms with Gasteiger partial charge in [0.15, 0.2) is 0 Å². The normalized spacial score (nSPS) is 17.0. The van der Waals surface area contributed by atoms with E-state index in [1.165, 1.54) is 5.39 Å². The molecule has 1 aromatic heterocycles. The molecular formula is C22H13BrN2O. The molecule has 2 aliphatic rings. The second kappa shape index (κ2) is 4.86. The quantitative estimate of drug-likeness (QED) is 0.384. The summed E-state index contributed by atoms with van der Waals surface area (Å²) in [6, 6.07) is 24.6. The Labute approximate surface area is 158 Å². The zero-order chi connectivity index (χ0) is 17.4. The number of aromatic nitrogens is 1. The fourth-order valence-corrected chi connectivity index (χ4v) is 4.77. The van der Waals surface area contributed by atoms with Crippen LogP contribution in [-0.2, 0) is 0 Å². The Morgan fingerprint density at radius 2 is 1.62 bits per heavy atom. The fraction of sp³-hybridized carbons (Fsp3) is 0.0455. The Morgan fingerprint density at radius 3 is 2.50 bits per heavy atom. The maximum absolute atomic E-state index is 13.2. The summed E-state index contributed by atoms with van der Waals surface area (Å²) in [5.41, 5.74) is 6.19. The van der Waals surface area contributed by atoms with Gasteiger partial charge in [0.25, 0.3) is 5.91 Å². The first-order valence-corrected chi connectivity index (χ1v) is 9.36. The number of carbonyl (C=O) groups is 1. The van der Waals surface area contributed by atoms with E-state index in [0.29, 0.717) is 0 Å². The van der Waals surface area contributed by atoms with Crippen molar-refractivity contribution in [3.63, 3.8) is 0 Å². The molecule has 26 heavy (non-hydrogen) atoms. The molecule has 0 aliphatic carbocycles. The van der Waals surface area contributed by atoms with Gasteiger partial charge in [-0.2, -0.15) is 0 Å². The summed E-state index contributed by atoms with van der Waals surface area (Å²) < 4.78 is 3.36. The predicted molar refractivity (Wildman–Crippen MR) is 106 cm³/mol. The highest BCUT2D eigenvalue weighted by Gasteiger charge is 2.44.